The Morgan fingerprint density at radius 3 is 2.88 bits per heavy atom. The van der Waals surface area contributed by atoms with Crippen LogP contribution < -0.4 is 0 Å². The SMILES string of the molecule is C[C@H]1CC(=O)CC[C@H]1c1nc(-c2cccc(CN3CCCCC3)c2)no1. The number of carbonyl (C=O) groups excluding carboxylic acids is 1. The number of benzene rings is 1. The van der Waals surface area contributed by atoms with Gasteiger partial charge in [0.2, 0.25) is 11.7 Å². The number of likely N-dealkylation sites (tertiary alicyclic amines) is 1. The molecule has 0 amide bonds. The summed E-state index contributed by atoms with van der Waals surface area (Å²) in [6, 6.07) is 8.47. The van der Waals surface area contributed by atoms with Gasteiger partial charge in [-0.3, -0.25) is 9.69 Å². The minimum Gasteiger partial charge on any atom is -0.339 e. The fourth-order valence-electron chi connectivity index (χ4n) is 4.26. The molecule has 0 unspecified atom stereocenters. The summed E-state index contributed by atoms with van der Waals surface area (Å²) >= 11 is 0. The van der Waals surface area contributed by atoms with Crippen molar-refractivity contribution in [3.05, 3.63) is 35.7 Å². The summed E-state index contributed by atoms with van der Waals surface area (Å²) in [5.74, 6) is 2.16. The number of nitrogens with zero attached hydrogens (tertiary/aromatic N) is 3. The van der Waals surface area contributed by atoms with Gasteiger partial charge in [-0.05, 0) is 49.9 Å². The van der Waals surface area contributed by atoms with E-state index in [4.69, 9.17) is 4.52 Å². The molecule has 2 atom stereocenters. The Morgan fingerprint density at radius 2 is 2.08 bits per heavy atom. The zero-order valence-corrected chi connectivity index (χ0v) is 15.5. The van der Waals surface area contributed by atoms with Crippen LogP contribution in [0.3, 0.4) is 0 Å². The maximum atomic E-state index is 11.6. The average Bonchev–Trinajstić information content (AvgIpc) is 3.13. The number of aromatic nitrogens is 2. The number of rotatable bonds is 4. The molecule has 2 heterocycles. The number of hydrogen-bond acceptors (Lipinski definition) is 5. The number of ketones is 1. The van der Waals surface area contributed by atoms with Gasteiger partial charge in [0.05, 0.1) is 0 Å². The smallest absolute Gasteiger partial charge is 0.230 e. The lowest BCUT2D eigenvalue weighted by Crippen LogP contribution is -2.29. The molecule has 2 aromatic rings. The molecule has 5 heteroatoms. The van der Waals surface area contributed by atoms with Crippen LogP contribution in [0, 0.1) is 5.92 Å². The maximum absolute atomic E-state index is 11.6. The third kappa shape index (κ3) is 3.88. The highest BCUT2D eigenvalue weighted by molar-refractivity contribution is 5.79. The highest BCUT2D eigenvalue weighted by Gasteiger charge is 2.31. The van der Waals surface area contributed by atoms with Crippen molar-refractivity contribution in [1.82, 2.24) is 15.0 Å². The van der Waals surface area contributed by atoms with Crippen LogP contribution in [0.4, 0.5) is 0 Å². The summed E-state index contributed by atoms with van der Waals surface area (Å²) in [6.07, 6.45) is 6.02. The average molecular weight is 353 g/mol. The van der Waals surface area contributed by atoms with E-state index in [1.165, 1.54) is 37.9 Å². The van der Waals surface area contributed by atoms with E-state index in [0.717, 1.165) is 18.5 Å². The van der Waals surface area contributed by atoms with Crippen molar-refractivity contribution in [2.24, 2.45) is 5.92 Å². The van der Waals surface area contributed by atoms with E-state index in [1.54, 1.807) is 0 Å². The Kier molecular flexibility index (Phi) is 5.16. The van der Waals surface area contributed by atoms with Gasteiger partial charge in [0.25, 0.3) is 0 Å². The van der Waals surface area contributed by atoms with Gasteiger partial charge in [-0.1, -0.05) is 36.7 Å². The first-order chi connectivity index (χ1) is 12.7. The maximum Gasteiger partial charge on any atom is 0.230 e. The van der Waals surface area contributed by atoms with Gasteiger partial charge in [-0.15, -0.1) is 0 Å². The number of Topliss-reactive ketones (excluding diaryl/α,β-unsaturated/α-hetero) is 1. The first-order valence-corrected chi connectivity index (χ1v) is 9.86. The quantitative estimate of drug-likeness (QED) is 0.824. The van der Waals surface area contributed by atoms with Crippen LogP contribution in [-0.4, -0.2) is 33.9 Å². The molecule has 2 aliphatic rings. The van der Waals surface area contributed by atoms with Gasteiger partial charge in [0.15, 0.2) is 0 Å². The van der Waals surface area contributed by atoms with E-state index < -0.39 is 0 Å². The molecule has 5 nitrogen and oxygen atoms in total. The van der Waals surface area contributed by atoms with Gasteiger partial charge in [0, 0.05) is 30.9 Å². The second-order valence-corrected chi connectivity index (χ2v) is 7.86. The standard InChI is InChI=1S/C21H27N3O2/c1-15-12-18(25)8-9-19(15)21-22-20(23-26-21)17-7-5-6-16(13-17)14-24-10-3-2-4-11-24/h5-7,13,15,19H,2-4,8-12,14H2,1H3/t15-,19+/m0/s1. The van der Waals surface area contributed by atoms with Crippen molar-refractivity contribution < 1.29 is 9.32 Å². The molecule has 0 N–H and O–H groups in total. The van der Waals surface area contributed by atoms with Gasteiger partial charge >= 0.3 is 0 Å². The Bertz CT molecular complexity index is 764. The summed E-state index contributed by atoms with van der Waals surface area (Å²) in [6.45, 7) is 5.47. The zero-order valence-electron chi connectivity index (χ0n) is 15.5. The summed E-state index contributed by atoms with van der Waals surface area (Å²) < 4.78 is 5.57. The highest BCUT2D eigenvalue weighted by Crippen LogP contribution is 2.36. The van der Waals surface area contributed by atoms with E-state index in [0.29, 0.717) is 30.3 Å². The van der Waals surface area contributed by atoms with Crippen LogP contribution in [0.25, 0.3) is 11.4 Å². The predicted molar refractivity (Wildman–Crippen MR) is 99.6 cm³/mol. The van der Waals surface area contributed by atoms with Crippen molar-refractivity contribution >= 4 is 5.78 Å². The molecular formula is C21H27N3O2. The van der Waals surface area contributed by atoms with Crippen molar-refractivity contribution in [3.8, 4) is 11.4 Å². The number of hydrogen-bond donors (Lipinski definition) is 0. The van der Waals surface area contributed by atoms with E-state index in [9.17, 15) is 4.79 Å². The largest absolute Gasteiger partial charge is 0.339 e. The highest BCUT2D eigenvalue weighted by atomic mass is 16.5. The second kappa shape index (κ2) is 7.70. The Balaban J connectivity index is 1.48. The molecular weight excluding hydrogens is 326 g/mol. The van der Waals surface area contributed by atoms with Crippen LogP contribution in [0.1, 0.15) is 62.8 Å². The van der Waals surface area contributed by atoms with Crippen LogP contribution in [0.2, 0.25) is 0 Å². The fourth-order valence-corrected chi connectivity index (χ4v) is 4.26. The second-order valence-electron chi connectivity index (χ2n) is 7.86. The van der Waals surface area contributed by atoms with Crippen molar-refractivity contribution in [2.45, 2.75) is 57.9 Å². The summed E-state index contributed by atoms with van der Waals surface area (Å²) in [5.41, 5.74) is 2.31. The van der Waals surface area contributed by atoms with Crippen LogP contribution in [-0.2, 0) is 11.3 Å². The van der Waals surface area contributed by atoms with Gasteiger partial charge in [0.1, 0.15) is 5.78 Å². The normalized spacial score (nSPS) is 24.7. The first-order valence-electron chi connectivity index (χ1n) is 9.86. The van der Waals surface area contributed by atoms with Crippen LogP contribution in [0.15, 0.2) is 28.8 Å². The molecule has 2 fully saturated rings. The van der Waals surface area contributed by atoms with Crippen molar-refractivity contribution in [3.63, 3.8) is 0 Å². The lowest BCUT2D eigenvalue weighted by atomic mass is 9.80. The Labute approximate surface area is 154 Å². The molecule has 0 radical (unpaired) electrons. The molecule has 1 saturated heterocycles. The molecule has 138 valence electrons. The molecule has 1 aromatic heterocycles. The number of piperidine rings is 1. The molecule has 0 bridgehead atoms. The molecule has 4 rings (SSSR count). The third-order valence-electron chi connectivity index (χ3n) is 5.77. The fraction of sp³-hybridized carbons (Fsp3) is 0.571. The molecule has 1 saturated carbocycles. The monoisotopic (exact) mass is 353 g/mol. The third-order valence-corrected chi connectivity index (χ3v) is 5.77. The van der Waals surface area contributed by atoms with Gasteiger partial charge in [-0.2, -0.15) is 4.98 Å². The topological polar surface area (TPSA) is 59.2 Å². The molecule has 1 aliphatic heterocycles. The lowest BCUT2D eigenvalue weighted by Gasteiger charge is -2.26. The van der Waals surface area contributed by atoms with E-state index in [2.05, 4.69) is 40.2 Å². The van der Waals surface area contributed by atoms with E-state index in [-0.39, 0.29) is 11.8 Å². The Hall–Kier alpha value is -2.01. The number of carbonyl (C=O) groups is 1. The minimum atomic E-state index is 0.200. The summed E-state index contributed by atoms with van der Waals surface area (Å²) in [4.78, 5) is 18.8. The molecule has 1 aliphatic carbocycles. The first kappa shape index (κ1) is 17.4. The minimum absolute atomic E-state index is 0.200. The lowest BCUT2D eigenvalue weighted by molar-refractivity contribution is -0.121. The summed E-state index contributed by atoms with van der Waals surface area (Å²) in [7, 11) is 0. The Morgan fingerprint density at radius 1 is 1.23 bits per heavy atom. The van der Waals surface area contributed by atoms with Crippen molar-refractivity contribution in [1.29, 1.82) is 0 Å². The van der Waals surface area contributed by atoms with E-state index in [1.807, 2.05) is 6.07 Å². The molecule has 0 spiro atoms. The molecule has 1 aromatic carbocycles. The zero-order chi connectivity index (χ0) is 17.9. The van der Waals surface area contributed by atoms with Crippen LogP contribution in [0.5, 0.6) is 0 Å². The van der Waals surface area contributed by atoms with Gasteiger partial charge < -0.3 is 4.52 Å². The van der Waals surface area contributed by atoms with E-state index >= 15 is 0 Å². The van der Waals surface area contributed by atoms with Crippen molar-refractivity contribution in [2.75, 3.05) is 13.1 Å². The summed E-state index contributed by atoms with van der Waals surface area (Å²) in [5, 5.41) is 4.22. The molecule has 26 heavy (non-hydrogen) atoms. The van der Waals surface area contributed by atoms with Gasteiger partial charge in [-0.25, -0.2) is 0 Å². The predicted octanol–water partition coefficient (Wildman–Crippen LogP) is 4.20. The van der Waals surface area contributed by atoms with Crippen LogP contribution >= 0.6 is 0 Å².